The molecule has 0 saturated carbocycles. The maximum atomic E-state index is 3.99. The fraction of sp³-hybridized carbons (Fsp3) is 0.727. The number of rotatable bonds is 6. The first-order valence-electron chi connectivity index (χ1n) is 5.51. The summed E-state index contributed by atoms with van der Waals surface area (Å²) in [6.07, 6.45) is 1.88. The normalized spacial score (nSPS) is 11.6. The highest BCUT2D eigenvalue weighted by molar-refractivity contribution is 5.13. The third-order valence-corrected chi connectivity index (χ3v) is 2.77. The van der Waals surface area contributed by atoms with Crippen molar-refractivity contribution in [3.8, 4) is 0 Å². The maximum Gasteiger partial charge on any atom is 0.0535 e. The summed E-state index contributed by atoms with van der Waals surface area (Å²) >= 11 is 0. The second-order valence-corrected chi connectivity index (χ2v) is 4.27. The second-order valence-electron chi connectivity index (χ2n) is 4.27. The first-order chi connectivity index (χ1) is 7.11. The summed E-state index contributed by atoms with van der Waals surface area (Å²) in [6, 6.07) is 0.613. The van der Waals surface area contributed by atoms with Gasteiger partial charge in [0.1, 0.15) is 0 Å². The van der Waals surface area contributed by atoms with Crippen molar-refractivity contribution in [2.24, 2.45) is 0 Å². The van der Waals surface area contributed by atoms with Gasteiger partial charge in [0.2, 0.25) is 0 Å². The Morgan fingerprint density at radius 2 is 2.27 bits per heavy atom. The molecule has 1 aromatic heterocycles. The maximum absolute atomic E-state index is 3.99. The van der Waals surface area contributed by atoms with Crippen LogP contribution in [-0.4, -0.2) is 41.3 Å². The van der Waals surface area contributed by atoms with Crippen molar-refractivity contribution in [2.45, 2.75) is 33.4 Å². The molecule has 0 aliphatic carbocycles. The molecule has 0 aliphatic rings. The van der Waals surface area contributed by atoms with Gasteiger partial charge in [-0.05, 0) is 27.8 Å². The van der Waals surface area contributed by atoms with E-state index in [2.05, 4.69) is 41.3 Å². The Morgan fingerprint density at radius 1 is 1.53 bits per heavy atom. The molecular weight excluding hydrogens is 188 g/mol. The Balaban J connectivity index is 2.15. The molecule has 0 bridgehead atoms. The zero-order valence-corrected chi connectivity index (χ0v) is 10.2. The Kier molecular flexibility index (Phi) is 4.78. The van der Waals surface area contributed by atoms with E-state index >= 15 is 0 Å². The standard InChI is InChI=1S/C11H22N4/c1-9(2)15(4)6-5-12-7-11-8-13-14-10(11)3/h8-9,12H,5-7H2,1-4H3,(H,13,14). The van der Waals surface area contributed by atoms with Gasteiger partial charge < -0.3 is 10.2 Å². The van der Waals surface area contributed by atoms with Crippen LogP contribution in [0.15, 0.2) is 6.20 Å². The zero-order valence-electron chi connectivity index (χ0n) is 10.2. The molecule has 4 nitrogen and oxygen atoms in total. The van der Waals surface area contributed by atoms with E-state index in [0.29, 0.717) is 6.04 Å². The van der Waals surface area contributed by atoms with Crippen LogP contribution < -0.4 is 5.32 Å². The highest BCUT2D eigenvalue weighted by atomic mass is 15.1. The molecular formula is C11H22N4. The summed E-state index contributed by atoms with van der Waals surface area (Å²) in [6.45, 7) is 9.45. The van der Waals surface area contributed by atoms with E-state index in [4.69, 9.17) is 0 Å². The molecule has 1 aromatic rings. The number of hydrogen-bond donors (Lipinski definition) is 2. The molecule has 0 spiro atoms. The van der Waals surface area contributed by atoms with Crippen molar-refractivity contribution in [1.29, 1.82) is 0 Å². The van der Waals surface area contributed by atoms with Crippen molar-refractivity contribution in [1.82, 2.24) is 20.4 Å². The van der Waals surface area contributed by atoms with E-state index in [9.17, 15) is 0 Å². The third-order valence-electron chi connectivity index (χ3n) is 2.77. The second kappa shape index (κ2) is 5.88. The lowest BCUT2D eigenvalue weighted by Gasteiger charge is -2.20. The van der Waals surface area contributed by atoms with Gasteiger partial charge in [0.05, 0.1) is 6.20 Å². The lowest BCUT2D eigenvalue weighted by molar-refractivity contribution is 0.273. The van der Waals surface area contributed by atoms with Gasteiger partial charge in [-0.25, -0.2) is 0 Å². The SMILES string of the molecule is Cc1[nH]ncc1CNCCN(C)C(C)C. The topological polar surface area (TPSA) is 44.0 Å². The van der Waals surface area contributed by atoms with Crippen LogP contribution in [0.1, 0.15) is 25.1 Å². The summed E-state index contributed by atoms with van der Waals surface area (Å²) in [5.74, 6) is 0. The van der Waals surface area contributed by atoms with Crippen LogP contribution in [0.3, 0.4) is 0 Å². The predicted octanol–water partition coefficient (Wildman–Crippen LogP) is 1.15. The van der Waals surface area contributed by atoms with Crippen LogP contribution in [0.2, 0.25) is 0 Å². The van der Waals surface area contributed by atoms with E-state index in [0.717, 1.165) is 25.3 Å². The summed E-state index contributed by atoms with van der Waals surface area (Å²) in [5.41, 5.74) is 2.40. The fourth-order valence-corrected chi connectivity index (χ4v) is 1.29. The smallest absolute Gasteiger partial charge is 0.0535 e. The van der Waals surface area contributed by atoms with Gasteiger partial charge in [-0.2, -0.15) is 5.10 Å². The Morgan fingerprint density at radius 3 is 2.80 bits per heavy atom. The number of aryl methyl sites for hydroxylation is 1. The predicted molar refractivity (Wildman–Crippen MR) is 62.8 cm³/mol. The van der Waals surface area contributed by atoms with Crippen LogP contribution in [0.5, 0.6) is 0 Å². The van der Waals surface area contributed by atoms with Gasteiger partial charge in [-0.1, -0.05) is 0 Å². The summed E-state index contributed by atoms with van der Waals surface area (Å²) < 4.78 is 0. The van der Waals surface area contributed by atoms with Crippen molar-refractivity contribution in [2.75, 3.05) is 20.1 Å². The summed E-state index contributed by atoms with van der Waals surface area (Å²) in [7, 11) is 2.15. The molecule has 15 heavy (non-hydrogen) atoms. The minimum Gasteiger partial charge on any atom is -0.311 e. The minimum absolute atomic E-state index is 0.613. The number of nitrogens with zero attached hydrogens (tertiary/aromatic N) is 2. The zero-order chi connectivity index (χ0) is 11.3. The number of H-pyrrole nitrogens is 1. The van der Waals surface area contributed by atoms with Crippen LogP contribution in [0.4, 0.5) is 0 Å². The molecule has 1 heterocycles. The number of hydrogen-bond acceptors (Lipinski definition) is 3. The van der Waals surface area contributed by atoms with Gasteiger partial charge in [0.25, 0.3) is 0 Å². The largest absolute Gasteiger partial charge is 0.311 e. The van der Waals surface area contributed by atoms with Crippen molar-refractivity contribution in [3.05, 3.63) is 17.5 Å². The van der Waals surface area contributed by atoms with Gasteiger partial charge in [0.15, 0.2) is 0 Å². The van der Waals surface area contributed by atoms with Crippen LogP contribution in [0.25, 0.3) is 0 Å². The monoisotopic (exact) mass is 210 g/mol. The molecule has 86 valence electrons. The van der Waals surface area contributed by atoms with Crippen LogP contribution in [-0.2, 0) is 6.54 Å². The van der Waals surface area contributed by atoms with E-state index in [-0.39, 0.29) is 0 Å². The quantitative estimate of drug-likeness (QED) is 0.692. The molecule has 0 aliphatic heterocycles. The number of aromatic amines is 1. The van der Waals surface area contributed by atoms with E-state index in [1.165, 1.54) is 5.56 Å². The highest BCUT2D eigenvalue weighted by Crippen LogP contribution is 2.00. The molecule has 0 fully saturated rings. The molecule has 0 atom stereocenters. The first kappa shape index (κ1) is 12.2. The minimum atomic E-state index is 0.613. The summed E-state index contributed by atoms with van der Waals surface area (Å²) in [4.78, 5) is 2.33. The fourth-order valence-electron chi connectivity index (χ4n) is 1.29. The molecule has 0 aromatic carbocycles. The molecule has 0 amide bonds. The lowest BCUT2D eigenvalue weighted by atomic mass is 10.2. The van der Waals surface area contributed by atoms with Crippen molar-refractivity contribution in [3.63, 3.8) is 0 Å². The first-order valence-corrected chi connectivity index (χ1v) is 5.51. The van der Waals surface area contributed by atoms with E-state index < -0.39 is 0 Å². The lowest BCUT2D eigenvalue weighted by Crippen LogP contribution is -2.33. The van der Waals surface area contributed by atoms with Crippen LogP contribution >= 0.6 is 0 Å². The van der Waals surface area contributed by atoms with Gasteiger partial charge in [0, 0.05) is 36.9 Å². The van der Waals surface area contributed by atoms with Gasteiger partial charge in [-0.3, -0.25) is 5.10 Å². The Bertz CT molecular complexity index is 280. The number of nitrogens with one attached hydrogen (secondary N) is 2. The van der Waals surface area contributed by atoms with Gasteiger partial charge in [-0.15, -0.1) is 0 Å². The number of aromatic nitrogens is 2. The van der Waals surface area contributed by atoms with Crippen molar-refractivity contribution < 1.29 is 0 Å². The molecule has 0 radical (unpaired) electrons. The van der Waals surface area contributed by atoms with Crippen LogP contribution in [0, 0.1) is 6.92 Å². The average Bonchev–Trinajstić information content (AvgIpc) is 2.58. The van der Waals surface area contributed by atoms with Crippen molar-refractivity contribution >= 4 is 0 Å². The molecule has 2 N–H and O–H groups in total. The van der Waals surface area contributed by atoms with Gasteiger partial charge >= 0.3 is 0 Å². The third kappa shape index (κ3) is 4.01. The molecule has 4 heteroatoms. The number of likely N-dealkylation sites (N-methyl/N-ethyl adjacent to an activating group) is 1. The van der Waals surface area contributed by atoms with E-state index in [1.54, 1.807) is 0 Å². The summed E-state index contributed by atoms with van der Waals surface area (Å²) in [5, 5.41) is 10.3. The Hall–Kier alpha value is -0.870. The highest BCUT2D eigenvalue weighted by Gasteiger charge is 2.02. The molecule has 0 saturated heterocycles. The molecule has 1 rings (SSSR count). The van der Waals surface area contributed by atoms with E-state index in [1.807, 2.05) is 13.1 Å². The Labute approximate surface area is 92.1 Å². The molecule has 0 unspecified atom stereocenters. The average molecular weight is 210 g/mol.